The molecule has 2 amide bonds. The van der Waals surface area contributed by atoms with Crippen LogP contribution in [0.1, 0.15) is 44.9 Å². The number of aromatic nitrogens is 4. The number of fused-ring (bicyclic) bond motifs is 1. The lowest BCUT2D eigenvalue weighted by Crippen LogP contribution is -2.38. The van der Waals surface area contributed by atoms with E-state index in [-0.39, 0.29) is 11.9 Å². The SMILES string of the molecule is CCC[C@H](C)c1nc(N2CCCN(C(=O)Nc3ccc(Cl)cc3)CC2)c2cnn(-c3ccccc3)c2n1. The molecule has 1 aliphatic heterocycles. The molecule has 1 fully saturated rings. The Balaban J connectivity index is 1.42. The van der Waals surface area contributed by atoms with Gasteiger partial charge in [-0.1, -0.05) is 50.1 Å². The van der Waals surface area contributed by atoms with Crippen LogP contribution in [0.5, 0.6) is 0 Å². The van der Waals surface area contributed by atoms with Gasteiger partial charge in [0.05, 0.1) is 17.3 Å². The molecule has 0 bridgehead atoms. The molecule has 5 rings (SSSR count). The van der Waals surface area contributed by atoms with E-state index in [2.05, 4.69) is 24.1 Å². The van der Waals surface area contributed by atoms with Gasteiger partial charge in [-0.15, -0.1) is 0 Å². The molecule has 0 radical (unpaired) electrons. The Morgan fingerprint density at radius 3 is 2.57 bits per heavy atom. The molecule has 37 heavy (non-hydrogen) atoms. The molecule has 9 heteroatoms. The second-order valence-electron chi connectivity index (χ2n) is 9.49. The third kappa shape index (κ3) is 5.54. The summed E-state index contributed by atoms with van der Waals surface area (Å²) in [4.78, 5) is 27.2. The molecule has 8 nitrogen and oxygen atoms in total. The minimum atomic E-state index is -0.105. The Labute approximate surface area is 222 Å². The van der Waals surface area contributed by atoms with E-state index in [0.717, 1.165) is 59.9 Å². The molecule has 0 spiro atoms. The molecule has 1 atom stereocenters. The number of rotatable bonds is 6. The molecule has 2 aromatic heterocycles. The third-order valence-electron chi connectivity index (χ3n) is 6.77. The number of halogens is 1. The maximum atomic E-state index is 13.0. The van der Waals surface area contributed by atoms with Crippen molar-refractivity contribution in [3.8, 4) is 5.69 Å². The summed E-state index contributed by atoms with van der Waals surface area (Å²) in [6.07, 6.45) is 4.79. The molecule has 0 saturated carbocycles. The standard InChI is InChI=1S/C28H32ClN7O/c1-3-8-20(2)25-32-26(24-19-30-36(27(24)33-25)23-9-5-4-6-10-23)34-15-7-16-35(18-17-34)28(37)31-22-13-11-21(29)12-14-22/h4-6,9-14,19-20H,3,7-8,15-18H2,1-2H3,(H,31,37)/t20-/m0/s1. The number of amides is 2. The first-order valence-corrected chi connectivity index (χ1v) is 13.3. The lowest BCUT2D eigenvalue weighted by Gasteiger charge is -2.24. The van der Waals surface area contributed by atoms with Crippen LogP contribution in [0.25, 0.3) is 16.7 Å². The van der Waals surface area contributed by atoms with E-state index in [4.69, 9.17) is 26.7 Å². The molecule has 0 unspecified atom stereocenters. The van der Waals surface area contributed by atoms with Crippen LogP contribution in [0.15, 0.2) is 60.8 Å². The molecule has 1 aliphatic rings. The Kier molecular flexibility index (Phi) is 7.55. The van der Waals surface area contributed by atoms with Gasteiger partial charge in [0.25, 0.3) is 0 Å². The maximum absolute atomic E-state index is 13.0. The fraction of sp³-hybridized carbons (Fsp3) is 0.357. The number of nitrogens with one attached hydrogen (secondary N) is 1. The predicted octanol–water partition coefficient (Wildman–Crippen LogP) is 6.12. The molecule has 192 valence electrons. The average molecular weight is 518 g/mol. The maximum Gasteiger partial charge on any atom is 0.321 e. The van der Waals surface area contributed by atoms with Crippen LogP contribution in [-0.2, 0) is 0 Å². The van der Waals surface area contributed by atoms with Gasteiger partial charge in [-0.05, 0) is 49.2 Å². The average Bonchev–Trinajstić information content (AvgIpc) is 3.19. The van der Waals surface area contributed by atoms with Gasteiger partial charge in [0.1, 0.15) is 11.6 Å². The monoisotopic (exact) mass is 517 g/mol. The number of hydrogen-bond acceptors (Lipinski definition) is 5. The van der Waals surface area contributed by atoms with Crippen molar-refractivity contribution in [1.82, 2.24) is 24.6 Å². The second kappa shape index (κ2) is 11.2. The van der Waals surface area contributed by atoms with E-state index >= 15 is 0 Å². The fourth-order valence-corrected chi connectivity index (χ4v) is 4.89. The van der Waals surface area contributed by atoms with Crippen LogP contribution >= 0.6 is 11.6 Å². The van der Waals surface area contributed by atoms with Crippen LogP contribution in [0.3, 0.4) is 0 Å². The summed E-state index contributed by atoms with van der Waals surface area (Å²) in [6.45, 7) is 7.11. The highest BCUT2D eigenvalue weighted by Gasteiger charge is 2.24. The number of urea groups is 1. The molecule has 2 aromatic carbocycles. The smallest absolute Gasteiger partial charge is 0.321 e. The highest BCUT2D eigenvalue weighted by molar-refractivity contribution is 6.30. The van der Waals surface area contributed by atoms with Gasteiger partial charge in [-0.25, -0.2) is 19.4 Å². The first kappa shape index (κ1) is 25.0. The van der Waals surface area contributed by atoms with Crippen molar-refractivity contribution in [2.45, 2.75) is 39.0 Å². The zero-order valence-electron chi connectivity index (χ0n) is 21.3. The van der Waals surface area contributed by atoms with Gasteiger partial charge in [0, 0.05) is 42.8 Å². The lowest BCUT2D eigenvalue weighted by molar-refractivity contribution is 0.215. The van der Waals surface area contributed by atoms with Crippen LogP contribution < -0.4 is 10.2 Å². The van der Waals surface area contributed by atoms with Gasteiger partial charge in [-0.2, -0.15) is 5.10 Å². The van der Waals surface area contributed by atoms with Crippen molar-refractivity contribution in [2.75, 3.05) is 36.4 Å². The van der Waals surface area contributed by atoms with E-state index < -0.39 is 0 Å². The number of benzene rings is 2. The molecular formula is C28H32ClN7O. The summed E-state index contributed by atoms with van der Waals surface area (Å²) < 4.78 is 1.90. The van der Waals surface area contributed by atoms with Crippen molar-refractivity contribution in [3.05, 3.63) is 71.6 Å². The van der Waals surface area contributed by atoms with E-state index in [1.807, 2.05) is 58.2 Å². The molecule has 3 heterocycles. The van der Waals surface area contributed by atoms with Crippen LogP contribution in [0, 0.1) is 0 Å². The molecular weight excluding hydrogens is 486 g/mol. The molecule has 1 N–H and O–H groups in total. The summed E-state index contributed by atoms with van der Waals surface area (Å²) in [5.74, 6) is 1.97. The van der Waals surface area contributed by atoms with Gasteiger partial charge in [-0.3, -0.25) is 0 Å². The Bertz CT molecular complexity index is 1360. The number of nitrogens with zero attached hydrogens (tertiary/aromatic N) is 6. The number of carbonyl (C=O) groups excluding carboxylic acids is 1. The summed E-state index contributed by atoms with van der Waals surface area (Å²) in [7, 11) is 0. The van der Waals surface area contributed by atoms with E-state index in [0.29, 0.717) is 24.7 Å². The summed E-state index contributed by atoms with van der Waals surface area (Å²) >= 11 is 5.97. The zero-order chi connectivity index (χ0) is 25.8. The summed E-state index contributed by atoms with van der Waals surface area (Å²) in [5.41, 5.74) is 2.52. The Hall–Kier alpha value is -3.65. The number of para-hydroxylation sites is 1. The van der Waals surface area contributed by atoms with Crippen molar-refractivity contribution < 1.29 is 4.79 Å². The van der Waals surface area contributed by atoms with Crippen LogP contribution in [0.4, 0.5) is 16.3 Å². The second-order valence-corrected chi connectivity index (χ2v) is 9.93. The van der Waals surface area contributed by atoms with Crippen molar-refractivity contribution in [1.29, 1.82) is 0 Å². The number of carbonyl (C=O) groups is 1. The first-order chi connectivity index (χ1) is 18.0. The molecule has 0 aliphatic carbocycles. The lowest BCUT2D eigenvalue weighted by atomic mass is 10.1. The van der Waals surface area contributed by atoms with E-state index in [1.54, 1.807) is 12.1 Å². The highest BCUT2D eigenvalue weighted by Crippen LogP contribution is 2.30. The Morgan fingerprint density at radius 2 is 1.81 bits per heavy atom. The van der Waals surface area contributed by atoms with Crippen LogP contribution in [-0.4, -0.2) is 56.9 Å². The van der Waals surface area contributed by atoms with Gasteiger partial charge in [0.2, 0.25) is 0 Å². The largest absolute Gasteiger partial charge is 0.354 e. The zero-order valence-corrected chi connectivity index (χ0v) is 22.0. The number of hydrogen-bond donors (Lipinski definition) is 1. The summed E-state index contributed by atoms with van der Waals surface area (Å²) in [5, 5.41) is 9.24. The molecule has 1 saturated heterocycles. The van der Waals surface area contributed by atoms with Crippen LogP contribution in [0.2, 0.25) is 5.02 Å². The van der Waals surface area contributed by atoms with Crippen molar-refractivity contribution >= 4 is 40.2 Å². The predicted molar refractivity (Wildman–Crippen MR) is 149 cm³/mol. The minimum absolute atomic E-state index is 0.105. The first-order valence-electron chi connectivity index (χ1n) is 12.9. The summed E-state index contributed by atoms with van der Waals surface area (Å²) in [6, 6.07) is 17.1. The quantitative estimate of drug-likeness (QED) is 0.333. The Morgan fingerprint density at radius 1 is 1.03 bits per heavy atom. The van der Waals surface area contributed by atoms with E-state index in [9.17, 15) is 4.79 Å². The third-order valence-corrected chi connectivity index (χ3v) is 7.02. The number of anilines is 2. The van der Waals surface area contributed by atoms with Gasteiger partial charge >= 0.3 is 6.03 Å². The minimum Gasteiger partial charge on any atom is -0.354 e. The van der Waals surface area contributed by atoms with E-state index in [1.165, 1.54) is 0 Å². The van der Waals surface area contributed by atoms with Crippen molar-refractivity contribution in [3.63, 3.8) is 0 Å². The van der Waals surface area contributed by atoms with Gasteiger partial charge in [0.15, 0.2) is 5.65 Å². The normalized spacial score (nSPS) is 15.0. The van der Waals surface area contributed by atoms with Crippen molar-refractivity contribution in [2.24, 2.45) is 0 Å². The highest BCUT2D eigenvalue weighted by atomic mass is 35.5. The van der Waals surface area contributed by atoms with Gasteiger partial charge < -0.3 is 15.1 Å². The topological polar surface area (TPSA) is 79.2 Å². The molecule has 4 aromatic rings. The fourth-order valence-electron chi connectivity index (χ4n) is 4.76.